The molecule has 0 spiro atoms. The van der Waals surface area contributed by atoms with E-state index in [1.54, 1.807) is 23.2 Å². The fourth-order valence-corrected chi connectivity index (χ4v) is 2.17. The molecule has 1 fully saturated rings. The van der Waals surface area contributed by atoms with Crippen LogP contribution in [-0.2, 0) is 11.3 Å². The normalized spacial score (nSPS) is 19.6. The number of carbonyl (C=O) groups is 2. The molecule has 0 bridgehead atoms. The van der Waals surface area contributed by atoms with Crippen LogP contribution in [0.2, 0.25) is 0 Å². The molecule has 1 unspecified atom stereocenters. The summed E-state index contributed by atoms with van der Waals surface area (Å²) in [5, 5.41) is 8.75. The van der Waals surface area contributed by atoms with Crippen LogP contribution in [-0.4, -0.2) is 39.5 Å². The molecule has 1 aromatic heterocycles. The number of hydrogen-bond donors (Lipinski definition) is 1. The van der Waals surface area contributed by atoms with Crippen LogP contribution in [0, 0.1) is 5.92 Å². The van der Waals surface area contributed by atoms with E-state index in [1.165, 1.54) is 4.57 Å². The van der Waals surface area contributed by atoms with Crippen molar-refractivity contribution in [1.82, 2.24) is 9.47 Å². The van der Waals surface area contributed by atoms with Crippen molar-refractivity contribution in [3.63, 3.8) is 0 Å². The standard InChI is InChI=1S/C12H16N2O3/c1-9-4-6-14(7-9)12(17)10-3-2-5-13(10)8-11(15)16/h2-3,5,9H,4,6-8H2,1H3,(H,15,16). The van der Waals surface area contributed by atoms with E-state index in [-0.39, 0.29) is 12.5 Å². The van der Waals surface area contributed by atoms with Gasteiger partial charge in [-0.15, -0.1) is 0 Å². The Morgan fingerprint density at radius 1 is 1.53 bits per heavy atom. The maximum Gasteiger partial charge on any atom is 0.323 e. The molecule has 1 aliphatic heterocycles. The minimum atomic E-state index is -0.940. The molecular weight excluding hydrogens is 220 g/mol. The summed E-state index contributed by atoms with van der Waals surface area (Å²) < 4.78 is 1.48. The molecular formula is C12H16N2O3. The van der Waals surface area contributed by atoms with Crippen molar-refractivity contribution in [3.05, 3.63) is 24.0 Å². The number of nitrogens with zero attached hydrogens (tertiary/aromatic N) is 2. The van der Waals surface area contributed by atoms with Crippen molar-refractivity contribution < 1.29 is 14.7 Å². The number of hydrogen-bond acceptors (Lipinski definition) is 2. The van der Waals surface area contributed by atoms with Crippen LogP contribution in [0.15, 0.2) is 18.3 Å². The highest BCUT2D eigenvalue weighted by Crippen LogP contribution is 2.18. The summed E-state index contributed by atoms with van der Waals surface area (Å²) in [7, 11) is 0. The number of carbonyl (C=O) groups excluding carboxylic acids is 1. The van der Waals surface area contributed by atoms with E-state index in [2.05, 4.69) is 6.92 Å². The molecule has 5 heteroatoms. The van der Waals surface area contributed by atoms with Crippen molar-refractivity contribution in [1.29, 1.82) is 0 Å². The van der Waals surface area contributed by atoms with Crippen LogP contribution in [0.1, 0.15) is 23.8 Å². The summed E-state index contributed by atoms with van der Waals surface area (Å²) in [6.45, 7) is 3.47. The van der Waals surface area contributed by atoms with Gasteiger partial charge in [0.1, 0.15) is 12.2 Å². The molecule has 1 N–H and O–H groups in total. The second-order valence-electron chi connectivity index (χ2n) is 4.56. The van der Waals surface area contributed by atoms with Crippen molar-refractivity contribution >= 4 is 11.9 Å². The smallest absolute Gasteiger partial charge is 0.323 e. The van der Waals surface area contributed by atoms with Gasteiger partial charge < -0.3 is 14.6 Å². The largest absolute Gasteiger partial charge is 0.480 e. The van der Waals surface area contributed by atoms with E-state index in [1.807, 2.05) is 0 Å². The monoisotopic (exact) mass is 236 g/mol. The number of amides is 1. The Kier molecular flexibility index (Phi) is 3.17. The lowest BCUT2D eigenvalue weighted by molar-refractivity contribution is -0.137. The Morgan fingerprint density at radius 2 is 2.29 bits per heavy atom. The highest BCUT2D eigenvalue weighted by atomic mass is 16.4. The van der Waals surface area contributed by atoms with E-state index in [0.29, 0.717) is 11.6 Å². The van der Waals surface area contributed by atoms with Gasteiger partial charge in [-0.3, -0.25) is 9.59 Å². The lowest BCUT2D eigenvalue weighted by atomic mass is 10.2. The first kappa shape index (κ1) is 11.7. The van der Waals surface area contributed by atoms with Crippen LogP contribution >= 0.6 is 0 Å². The summed E-state index contributed by atoms with van der Waals surface area (Å²) >= 11 is 0. The molecule has 1 atom stereocenters. The highest BCUT2D eigenvalue weighted by Gasteiger charge is 2.25. The lowest BCUT2D eigenvalue weighted by Gasteiger charge is -2.16. The fourth-order valence-electron chi connectivity index (χ4n) is 2.17. The zero-order valence-electron chi connectivity index (χ0n) is 9.80. The van der Waals surface area contributed by atoms with E-state index < -0.39 is 5.97 Å². The number of aliphatic carboxylic acids is 1. The van der Waals surface area contributed by atoms with Gasteiger partial charge in [0.05, 0.1) is 0 Å². The molecule has 1 saturated heterocycles. The van der Waals surface area contributed by atoms with Gasteiger partial charge in [-0.1, -0.05) is 6.92 Å². The average molecular weight is 236 g/mol. The second kappa shape index (κ2) is 4.61. The van der Waals surface area contributed by atoms with E-state index in [4.69, 9.17) is 5.11 Å². The lowest BCUT2D eigenvalue weighted by Crippen LogP contribution is -2.30. The van der Waals surface area contributed by atoms with E-state index >= 15 is 0 Å². The third-order valence-corrected chi connectivity index (χ3v) is 3.07. The average Bonchev–Trinajstić information content (AvgIpc) is 2.85. The molecule has 2 rings (SSSR count). The first-order valence-corrected chi connectivity index (χ1v) is 5.74. The fraction of sp³-hybridized carbons (Fsp3) is 0.500. The topological polar surface area (TPSA) is 62.5 Å². The Bertz CT molecular complexity index is 439. The van der Waals surface area contributed by atoms with Gasteiger partial charge >= 0.3 is 5.97 Å². The van der Waals surface area contributed by atoms with Crippen LogP contribution in [0.5, 0.6) is 0 Å². The van der Waals surface area contributed by atoms with Crippen molar-refractivity contribution in [2.24, 2.45) is 5.92 Å². The summed E-state index contributed by atoms with van der Waals surface area (Å²) in [5.41, 5.74) is 0.460. The van der Waals surface area contributed by atoms with Gasteiger partial charge in [0.2, 0.25) is 0 Å². The van der Waals surface area contributed by atoms with Gasteiger partial charge in [-0.05, 0) is 24.5 Å². The molecule has 2 heterocycles. The SMILES string of the molecule is CC1CCN(C(=O)c2cccn2CC(=O)O)C1. The number of rotatable bonds is 3. The summed E-state index contributed by atoms with van der Waals surface area (Å²) in [4.78, 5) is 24.6. The molecule has 0 radical (unpaired) electrons. The second-order valence-corrected chi connectivity index (χ2v) is 4.56. The van der Waals surface area contributed by atoms with Gasteiger partial charge in [-0.25, -0.2) is 0 Å². The van der Waals surface area contributed by atoms with Crippen LogP contribution in [0.4, 0.5) is 0 Å². The van der Waals surface area contributed by atoms with Crippen molar-refractivity contribution in [2.45, 2.75) is 19.9 Å². The molecule has 0 aromatic carbocycles. The summed E-state index contributed by atoms with van der Waals surface area (Å²) in [6.07, 6.45) is 2.65. The first-order valence-electron chi connectivity index (χ1n) is 5.74. The molecule has 5 nitrogen and oxygen atoms in total. The minimum absolute atomic E-state index is 0.0689. The molecule has 1 aliphatic rings. The number of carboxylic acid groups (broad SMARTS) is 1. The van der Waals surface area contributed by atoms with E-state index in [0.717, 1.165) is 19.5 Å². The van der Waals surface area contributed by atoms with Crippen LogP contribution in [0.25, 0.3) is 0 Å². The molecule has 0 aliphatic carbocycles. The van der Waals surface area contributed by atoms with Crippen LogP contribution < -0.4 is 0 Å². The van der Waals surface area contributed by atoms with Gasteiger partial charge in [0.25, 0.3) is 5.91 Å². The quantitative estimate of drug-likeness (QED) is 0.853. The maximum absolute atomic E-state index is 12.2. The summed E-state index contributed by atoms with van der Waals surface area (Å²) in [5.74, 6) is -0.479. The Labute approximate surface area is 99.6 Å². The third kappa shape index (κ3) is 2.49. The molecule has 1 aromatic rings. The number of aromatic nitrogens is 1. The number of likely N-dealkylation sites (tertiary alicyclic amines) is 1. The molecule has 1 amide bonds. The van der Waals surface area contributed by atoms with Crippen LogP contribution in [0.3, 0.4) is 0 Å². The highest BCUT2D eigenvalue weighted by molar-refractivity contribution is 5.93. The summed E-state index contributed by atoms with van der Waals surface area (Å²) in [6, 6.07) is 3.38. The zero-order chi connectivity index (χ0) is 12.4. The maximum atomic E-state index is 12.2. The van der Waals surface area contributed by atoms with Gasteiger partial charge in [0, 0.05) is 19.3 Å². The Balaban J connectivity index is 2.14. The molecule has 0 saturated carbocycles. The Morgan fingerprint density at radius 3 is 2.88 bits per heavy atom. The van der Waals surface area contributed by atoms with Gasteiger partial charge in [0.15, 0.2) is 0 Å². The predicted molar refractivity (Wildman–Crippen MR) is 61.8 cm³/mol. The van der Waals surface area contributed by atoms with E-state index in [9.17, 15) is 9.59 Å². The van der Waals surface area contributed by atoms with Crippen molar-refractivity contribution in [3.8, 4) is 0 Å². The first-order chi connectivity index (χ1) is 8.08. The third-order valence-electron chi connectivity index (χ3n) is 3.07. The molecule has 92 valence electrons. The number of carboxylic acids is 1. The molecule has 17 heavy (non-hydrogen) atoms. The Hall–Kier alpha value is -1.78. The predicted octanol–water partition coefficient (Wildman–Crippen LogP) is 1.05. The van der Waals surface area contributed by atoms with Crippen molar-refractivity contribution in [2.75, 3.05) is 13.1 Å². The minimum Gasteiger partial charge on any atom is -0.480 e. The zero-order valence-corrected chi connectivity index (χ0v) is 9.80. The van der Waals surface area contributed by atoms with Gasteiger partial charge in [-0.2, -0.15) is 0 Å².